The van der Waals surface area contributed by atoms with E-state index in [1.165, 1.54) is 22.5 Å². The van der Waals surface area contributed by atoms with Gasteiger partial charge in [-0.15, -0.1) is 11.3 Å². The molecule has 18 heavy (non-hydrogen) atoms. The second-order valence-electron chi connectivity index (χ2n) is 4.68. The Balaban J connectivity index is 1.94. The van der Waals surface area contributed by atoms with Crippen LogP contribution in [0.25, 0.3) is 0 Å². The predicted molar refractivity (Wildman–Crippen MR) is 76.4 cm³/mol. The first kappa shape index (κ1) is 12.1. The molecule has 3 rings (SSSR count). The summed E-state index contributed by atoms with van der Waals surface area (Å²) in [5.74, 6) is 0.504. The first-order chi connectivity index (χ1) is 8.63. The number of thiazole rings is 1. The van der Waals surface area contributed by atoms with Crippen molar-refractivity contribution in [1.82, 2.24) is 4.98 Å². The third-order valence-corrected chi connectivity index (χ3v) is 4.93. The number of aromatic nitrogens is 1. The number of aryl methyl sites for hydroxylation is 1. The van der Waals surface area contributed by atoms with Gasteiger partial charge >= 0.3 is 0 Å². The third kappa shape index (κ3) is 2.15. The molecule has 1 atom stereocenters. The number of ketones is 1. The summed E-state index contributed by atoms with van der Waals surface area (Å²) in [6.07, 6.45) is 1.47. The van der Waals surface area contributed by atoms with Gasteiger partial charge < -0.3 is 0 Å². The molecular formula is C14H12BrNOS. The van der Waals surface area contributed by atoms with Gasteiger partial charge in [-0.05, 0) is 40.8 Å². The van der Waals surface area contributed by atoms with Gasteiger partial charge in [0.15, 0.2) is 9.70 Å². The van der Waals surface area contributed by atoms with E-state index in [0.717, 1.165) is 20.9 Å². The van der Waals surface area contributed by atoms with Crippen LogP contribution in [0.2, 0.25) is 0 Å². The van der Waals surface area contributed by atoms with E-state index in [9.17, 15) is 4.79 Å². The number of benzene rings is 1. The molecule has 0 aliphatic heterocycles. The van der Waals surface area contributed by atoms with Crippen molar-refractivity contribution in [1.29, 1.82) is 0 Å². The largest absolute Gasteiger partial charge is 0.293 e. The van der Waals surface area contributed by atoms with E-state index < -0.39 is 0 Å². The van der Waals surface area contributed by atoms with Crippen molar-refractivity contribution in [2.24, 2.45) is 0 Å². The number of rotatable bonds is 1. The Kier molecular flexibility index (Phi) is 3.08. The molecule has 0 bridgehead atoms. The Morgan fingerprint density at radius 2 is 2.00 bits per heavy atom. The van der Waals surface area contributed by atoms with Crippen LogP contribution in [0.4, 0.5) is 0 Å². The maximum Gasteiger partial charge on any atom is 0.175 e. The summed E-state index contributed by atoms with van der Waals surface area (Å²) < 4.78 is 0.811. The van der Waals surface area contributed by atoms with Crippen molar-refractivity contribution in [3.63, 3.8) is 0 Å². The fraction of sp³-hybridized carbons (Fsp3) is 0.286. The van der Waals surface area contributed by atoms with Crippen LogP contribution in [-0.4, -0.2) is 10.8 Å². The van der Waals surface area contributed by atoms with Gasteiger partial charge in [-0.1, -0.05) is 29.8 Å². The van der Waals surface area contributed by atoms with Crippen molar-refractivity contribution in [2.45, 2.75) is 25.7 Å². The number of halogens is 1. The Morgan fingerprint density at radius 1 is 1.28 bits per heavy atom. The lowest BCUT2D eigenvalue weighted by molar-refractivity contribution is 0.0968. The number of hydrogen-bond donors (Lipinski definition) is 0. The molecule has 0 radical (unpaired) electrons. The lowest BCUT2D eigenvalue weighted by Crippen LogP contribution is -2.17. The second-order valence-corrected chi connectivity index (χ2v) is 6.96. The zero-order valence-corrected chi connectivity index (χ0v) is 12.3. The summed E-state index contributed by atoms with van der Waals surface area (Å²) in [6, 6.07) is 8.46. The van der Waals surface area contributed by atoms with Gasteiger partial charge in [0.25, 0.3) is 0 Å². The van der Waals surface area contributed by atoms with Crippen LogP contribution in [0.5, 0.6) is 0 Å². The molecule has 0 spiro atoms. The monoisotopic (exact) mass is 321 g/mol. The SMILES string of the molecule is Cc1ccc([C@@H]2CC(=O)c3sc(Br)nc3C2)cc1. The Labute approximate surface area is 118 Å². The van der Waals surface area contributed by atoms with E-state index >= 15 is 0 Å². The van der Waals surface area contributed by atoms with Crippen LogP contribution in [-0.2, 0) is 6.42 Å². The summed E-state index contributed by atoms with van der Waals surface area (Å²) in [5.41, 5.74) is 3.44. The summed E-state index contributed by atoms with van der Waals surface area (Å²) >= 11 is 4.81. The number of nitrogens with zero attached hydrogens (tertiary/aromatic N) is 1. The lowest BCUT2D eigenvalue weighted by Gasteiger charge is -2.20. The molecule has 1 aliphatic rings. The number of carbonyl (C=O) groups excluding carboxylic acids is 1. The standard InChI is InChI=1S/C14H12BrNOS/c1-8-2-4-9(5-3-8)10-6-11-13(12(17)7-10)18-14(15)16-11/h2-5,10H,6-7H2,1H3/t10-/m0/s1. The van der Waals surface area contributed by atoms with Crippen molar-refractivity contribution < 1.29 is 4.79 Å². The van der Waals surface area contributed by atoms with Crippen LogP contribution in [0.15, 0.2) is 28.2 Å². The molecule has 0 saturated heterocycles. The lowest BCUT2D eigenvalue weighted by atomic mass is 9.84. The molecule has 0 N–H and O–H groups in total. The van der Waals surface area contributed by atoms with Crippen LogP contribution >= 0.6 is 27.3 Å². The molecule has 1 heterocycles. The van der Waals surface area contributed by atoms with Gasteiger partial charge in [-0.25, -0.2) is 4.98 Å². The van der Waals surface area contributed by atoms with E-state index in [4.69, 9.17) is 0 Å². The molecular weight excluding hydrogens is 310 g/mol. The number of fused-ring (bicyclic) bond motifs is 1. The van der Waals surface area contributed by atoms with Crippen LogP contribution in [0, 0.1) is 6.92 Å². The van der Waals surface area contributed by atoms with Crippen molar-refractivity contribution >= 4 is 33.0 Å². The first-order valence-electron chi connectivity index (χ1n) is 5.88. The van der Waals surface area contributed by atoms with Crippen LogP contribution in [0.1, 0.15) is 38.8 Å². The number of Topliss-reactive ketones (excluding diaryl/α,β-unsaturated/α-hetero) is 1. The number of hydrogen-bond acceptors (Lipinski definition) is 3. The number of carbonyl (C=O) groups is 1. The van der Waals surface area contributed by atoms with E-state index in [1.54, 1.807) is 0 Å². The van der Waals surface area contributed by atoms with Gasteiger partial charge in [0.2, 0.25) is 0 Å². The highest BCUT2D eigenvalue weighted by molar-refractivity contribution is 9.11. The Morgan fingerprint density at radius 3 is 2.72 bits per heavy atom. The molecule has 92 valence electrons. The highest BCUT2D eigenvalue weighted by atomic mass is 79.9. The quantitative estimate of drug-likeness (QED) is 0.790. The molecule has 1 aromatic heterocycles. The summed E-state index contributed by atoms with van der Waals surface area (Å²) in [4.78, 5) is 17.3. The average molecular weight is 322 g/mol. The fourth-order valence-electron chi connectivity index (χ4n) is 2.38. The smallest absolute Gasteiger partial charge is 0.175 e. The van der Waals surface area contributed by atoms with Crippen molar-refractivity contribution in [3.8, 4) is 0 Å². The Hall–Kier alpha value is -1.00. The van der Waals surface area contributed by atoms with E-state index in [2.05, 4.69) is 52.1 Å². The molecule has 4 heteroatoms. The molecule has 0 fully saturated rings. The highest BCUT2D eigenvalue weighted by Gasteiger charge is 2.29. The molecule has 1 aromatic carbocycles. The van der Waals surface area contributed by atoms with Crippen molar-refractivity contribution in [2.75, 3.05) is 0 Å². The van der Waals surface area contributed by atoms with Gasteiger partial charge in [0.1, 0.15) is 0 Å². The maximum atomic E-state index is 12.1. The van der Waals surface area contributed by atoms with Crippen LogP contribution in [0.3, 0.4) is 0 Å². The predicted octanol–water partition coefficient (Wildman–Crippen LogP) is 4.13. The topological polar surface area (TPSA) is 30.0 Å². The van der Waals surface area contributed by atoms with E-state index in [0.29, 0.717) is 6.42 Å². The zero-order chi connectivity index (χ0) is 12.7. The van der Waals surface area contributed by atoms with Gasteiger partial charge in [0, 0.05) is 6.42 Å². The summed E-state index contributed by atoms with van der Waals surface area (Å²) in [6.45, 7) is 2.07. The molecule has 0 unspecified atom stereocenters. The fourth-order valence-corrected chi connectivity index (χ4v) is 3.84. The summed E-state index contributed by atoms with van der Waals surface area (Å²) in [5, 5.41) is 0. The normalized spacial score (nSPS) is 18.8. The maximum absolute atomic E-state index is 12.1. The van der Waals surface area contributed by atoms with E-state index in [1.807, 2.05) is 0 Å². The Bertz CT molecular complexity index is 603. The molecule has 0 saturated carbocycles. The minimum Gasteiger partial charge on any atom is -0.293 e. The van der Waals surface area contributed by atoms with Gasteiger partial charge in [-0.2, -0.15) is 0 Å². The minimum atomic E-state index is 0.227. The molecule has 2 aromatic rings. The zero-order valence-electron chi connectivity index (χ0n) is 9.94. The van der Waals surface area contributed by atoms with Crippen molar-refractivity contribution in [3.05, 3.63) is 49.9 Å². The molecule has 2 nitrogen and oxygen atoms in total. The van der Waals surface area contributed by atoms with Gasteiger partial charge in [0.05, 0.1) is 10.6 Å². The first-order valence-corrected chi connectivity index (χ1v) is 7.49. The molecule has 1 aliphatic carbocycles. The minimum absolute atomic E-state index is 0.227. The van der Waals surface area contributed by atoms with Crippen LogP contribution < -0.4 is 0 Å². The summed E-state index contributed by atoms with van der Waals surface area (Å²) in [7, 11) is 0. The average Bonchev–Trinajstić information content (AvgIpc) is 2.71. The van der Waals surface area contributed by atoms with E-state index in [-0.39, 0.29) is 11.7 Å². The highest BCUT2D eigenvalue weighted by Crippen LogP contribution is 2.36. The third-order valence-electron chi connectivity index (χ3n) is 3.34. The van der Waals surface area contributed by atoms with Gasteiger partial charge in [-0.3, -0.25) is 4.79 Å². The molecule has 0 amide bonds. The second kappa shape index (κ2) is 4.59.